The second-order valence-corrected chi connectivity index (χ2v) is 18.1. The molecular formula is C45H88NO12P. The first kappa shape index (κ1) is 55.9. The maximum Gasteiger partial charge on any atom is 0.472 e. The molecule has 13 nitrogen and oxygen atoms in total. The standard InChI is InChI=1S/C45H88NO12P/c1-3-5-7-9-11-13-15-17-19-20-22-24-26-28-30-32-42(48)58-40(36-54-34-31-29-27-25-23-21-18-16-14-12-10-8-6-4-2)37-57-59(52,53)56-35-33-46-39-45(51)44(50)43(49)41(47)38-55-45/h31,34,40-41,43-44,46-47,49-51H,3-30,32-33,35-39H2,1-2H3,(H,52,53)/b34-31-/t40-,41-,43-,44+,45-/m1/s1. The van der Waals surface area contributed by atoms with Crippen molar-refractivity contribution in [2.45, 2.75) is 230 Å². The van der Waals surface area contributed by atoms with Crippen molar-refractivity contribution in [2.75, 3.05) is 39.5 Å². The molecule has 0 spiro atoms. The average Bonchev–Trinajstić information content (AvgIpc) is 3.21. The van der Waals surface area contributed by atoms with E-state index in [9.17, 15) is 34.7 Å². The number of aliphatic hydroxyl groups is 4. The van der Waals surface area contributed by atoms with Gasteiger partial charge in [-0.3, -0.25) is 13.8 Å². The molecule has 1 aliphatic rings. The molecule has 59 heavy (non-hydrogen) atoms. The molecule has 0 bridgehead atoms. The molecule has 6 atom stereocenters. The van der Waals surface area contributed by atoms with Crippen molar-refractivity contribution in [3.63, 3.8) is 0 Å². The van der Waals surface area contributed by atoms with Gasteiger partial charge in [-0.2, -0.15) is 0 Å². The predicted octanol–water partition coefficient (Wildman–Crippen LogP) is 9.31. The number of esters is 1. The molecule has 1 saturated heterocycles. The summed E-state index contributed by atoms with van der Waals surface area (Å²) < 4.78 is 39.2. The van der Waals surface area contributed by atoms with Gasteiger partial charge >= 0.3 is 13.8 Å². The second kappa shape index (κ2) is 37.4. The zero-order valence-corrected chi connectivity index (χ0v) is 38.1. The zero-order valence-electron chi connectivity index (χ0n) is 37.3. The summed E-state index contributed by atoms with van der Waals surface area (Å²) in [6.07, 6.45) is 32.9. The highest BCUT2D eigenvalue weighted by molar-refractivity contribution is 7.47. The van der Waals surface area contributed by atoms with Crippen LogP contribution in [0.15, 0.2) is 12.3 Å². The first-order chi connectivity index (χ1) is 28.5. The molecule has 0 radical (unpaired) electrons. The topological polar surface area (TPSA) is 193 Å². The molecule has 1 heterocycles. The van der Waals surface area contributed by atoms with Crippen molar-refractivity contribution in [3.05, 3.63) is 12.3 Å². The normalized spacial score (nSPS) is 21.2. The van der Waals surface area contributed by atoms with Gasteiger partial charge in [0.2, 0.25) is 5.79 Å². The van der Waals surface area contributed by atoms with Crippen molar-refractivity contribution in [2.24, 2.45) is 0 Å². The molecule has 0 aliphatic carbocycles. The van der Waals surface area contributed by atoms with Gasteiger partial charge in [0.15, 0.2) is 6.10 Å². The van der Waals surface area contributed by atoms with E-state index in [1.165, 1.54) is 141 Å². The van der Waals surface area contributed by atoms with Crippen molar-refractivity contribution in [3.8, 4) is 0 Å². The van der Waals surface area contributed by atoms with Crippen LogP contribution in [0.1, 0.15) is 200 Å². The molecule has 0 aromatic rings. The van der Waals surface area contributed by atoms with Crippen molar-refractivity contribution in [1.82, 2.24) is 5.32 Å². The zero-order chi connectivity index (χ0) is 43.3. The number of carbonyl (C=O) groups excluding carboxylic acids is 1. The van der Waals surface area contributed by atoms with E-state index in [-0.39, 0.29) is 39.3 Å². The number of phosphoric acid groups is 1. The Morgan fingerprint density at radius 1 is 0.729 bits per heavy atom. The van der Waals surface area contributed by atoms with Gasteiger partial charge in [-0.1, -0.05) is 174 Å². The summed E-state index contributed by atoms with van der Waals surface area (Å²) in [7, 11) is -4.56. The molecule has 1 rings (SSSR count). The van der Waals surface area contributed by atoms with Gasteiger partial charge in [0.25, 0.3) is 0 Å². The van der Waals surface area contributed by atoms with Crippen LogP contribution in [0.5, 0.6) is 0 Å². The fourth-order valence-electron chi connectivity index (χ4n) is 7.17. The number of phosphoric ester groups is 1. The third-order valence-corrected chi connectivity index (χ3v) is 12.0. The van der Waals surface area contributed by atoms with E-state index in [0.717, 1.165) is 32.1 Å². The Balaban J connectivity index is 2.37. The lowest BCUT2D eigenvalue weighted by Gasteiger charge is -2.41. The highest BCUT2D eigenvalue weighted by Crippen LogP contribution is 2.43. The molecule has 1 fully saturated rings. The van der Waals surface area contributed by atoms with Gasteiger partial charge in [-0.05, 0) is 25.3 Å². The van der Waals surface area contributed by atoms with Crippen molar-refractivity contribution < 1.29 is 57.9 Å². The highest BCUT2D eigenvalue weighted by atomic mass is 31.2. The van der Waals surface area contributed by atoms with Crippen LogP contribution in [-0.2, 0) is 32.6 Å². The number of rotatable bonds is 42. The molecule has 0 amide bonds. The Hall–Kier alpha value is -1.12. The number of hydrogen-bond acceptors (Lipinski definition) is 12. The Morgan fingerprint density at radius 2 is 1.20 bits per heavy atom. The van der Waals surface area contributed by atoms with E-state index in [0.29, 0.717) is 6.42 Å². The van der Waals surface area contributed by atoms with Crippen LogP contribution < -0.4 is 5.32 Å². The third kappa shape index (κ3) is 31.4. The lowest BCUT2D eigenvalue weighted by molar-refractivity contribution is -0.317. The Kier molecular flexibility index (Phi) is 35.5. The van der Waals surface area contributed by atoms with Crippen LogP contribution in [0.2, 0.25) is 0 Å². The monoisotopic (exact) mass is 866 g/mol. The lowest BCUT2D eigenvalue weighted by atomic mass is 9.97. The van der Waals surface area contributed by atoms with E-state index in [4.69, 9.17) is 23.3 Å². The van der Waals surface area contributed by atoms with Gasteiger partial charge in [-0.25, -0.2) is 4.57 Å². The summed E-state index contributed by atoms with van der Waals surface area (Å²) in [5, 5.41) is 42.7. The van der Waals surface area contributed by atoms with E-state index >= 15 is 0 Å². The Bertz CT molecular complexity index is 1050. The van der Waals surface area contributed by atoms with Crippen LogP contribution in [0, 0.1) is 0 Å². The minimum atomic E-state index is -4.56. The molecule has 1 unspecified atom stereocenters. The molecule has 350 valence electrons. The highest BCUT2D eigenvalue weighted by Gasteiger charge is 2.48. The minimum Gasteiger partial charge on any atom is -0.498 e. The first-order valence-electron chi connectivity index (χ1n) is 23.7. The molecule has 0 aromatic heterocycles. The van der Waals surface area contributed by atoms with Gasteiger partial charge in [0, 0.05) is 13.0 Å². The summed E-state index contributed by atoms with van der Waals surface area (Å²) in [6, 6.07) is 0. The first-order valence-corrected chi connectivity index (χ1v) is 25.2. The second-order valence-electron chi connectivity index (χ2n) is 16.6. The van der Waals surface area contributed by atoms with E-state index in [2.05, 4.69) is 19.2 Å². The lowest BCUT2D eigenvalue weighted by Crippen LogP contribution is -2.64. The van der Waals surface area contributed by atoms with Gasteiger partial charge < -0.3 is 44.8 Å². The van der Waals surface area contributed by atoms with Crippen LogP contribution in [0.25, 0.3) is 0 Å². The summed E-state index contributed by atoms with van der Waals surface area (Å²) in [5.74, 6) is -2.58. The Labute approximate surface area is 358 Å². The predicted molar refractivity (Wildman–Crippen MR) is 234 cm³/mol. The van der Waals surface area contributed by atoms with Gasteiger partial charge in [0.05, 0.1) is 32.6 Å². The Morgan fingerprint density at radius 3 is 1.71 bits per heavy atom. The SMILES string of the molecule is CCCCCCCCCCCCCC/C=C\OC[C@H](COP(=O)(O)OCCNC[C@@]1(O)OC[C@@H](O)[C@@H](O)[C@@H]1O)OC(=O)CCCCCCCCCCCCCCCCC. The fourth-order valence-corrected chi connectivity index (χ4v) is 7.92. The minimum absolute atomic E-state index is 0.0459. The van der Waals surface area contributed by atoms with E-state index in [1.807, 2.05) is 6.08 Å². The molecule has 14 heteroatoms. The maximum atomic E-state index is 12.7. The van der Waals surface area contributed by atoms with Crippen LogP contribution in [0.4, 0.5) is 0 Å². The van der Waals surface area contributed by atoms with E-state index < -0.39 is 50.6 Å². The largest absolute Gasteiger partial charge is 0.498 e. The summed E-state index contributed by atoms with van der Waals surface area (Å²) in [6.45, 7) is 2.95. The fraction of sp³-hybridized carbons (Fsp3) is 0.933. The molecule has 0 aromatic carbocycles. The van der Waals surface area contributed by atoms with E-state index in [1.54, 1.807) is 6.26 Å². The number of carbonyl (C=O) groups is 1. The molecular weight excluding hydrogens is 777 g/mol. The summed E-state index contributed by atoms with van der Waals surface area (Å²) in [4.78, 5) is 23.0. The average molecular weight is 866 g/mol. The number of unbranched alkanes of at least 4 members (excludes halogenated alkanes) is 26. The van der Waals surface area contributed by atoms with Crippen LogP contribution >= 0.6 is 7.82 Å². The number of aliphatic hydroxyl groups excluding tert-OH is 3. The number of allylic oxidation sites excluding steroid dienone is 1. The van der Waals surface area contributed by atoms with Crippen molar-refractivity contribution >= 4 is 13.8 Å². The molecule has 0 saturated carbocycles. The van der Waals surface area contributed by atoms with Gasteiger partial charge in [0.1, 0.15) is 24.9 Å². The maximum absolute atomic E-state index is 12.7. The number of ether oxygens (including phenoxy) is 3. The quantitative estimate of drug-likeness (QED) is 0.0147. The number of hydrogen-bond donors (Lipinski definition) is 6. The van der Waals surface area contributed by atoms with Crippen molar-refractivity contribution in [1.29, 1.82) is 0 Å². The molecule has 1 aliphatic heterocycles. The smallest absolute Gasteiger partial charge is 0.472 e. The third-order valence-electron chi connectivity index (χ3n) is 11.0. The van der Waals surface area contributed by atoms with Crippen LogP contribution in [-0.4, -0.2) is 101 Å². The number of nitrogens with one attached hydrogen (secondary N) is 1. The van der Waals surface area contributed by atoms with Gasteiger partial charge in [-0.15, -0.1) is 0 Å². The van der Waals surface area contributed by atoms with Crippen LogP contribution in [0.3, 0.4) is 0 Å². The summed E-state index contributed by atoms with van der Waals surface area (Å²) >= 11 is 0. The molecule has 6 N–H and O–H groups in total. The summed E-state index contributed by atoms with van der Waals surface area (Å²) in [5.41, 5.74) is 0.